The zero-order valence-electron chi connectivity index (χ0n) is 12.8. The number of likely N-dealkylation sites (tertiary alicyclic amines) is 1. The third-order valence-electron chi connectivity index (χ3n) is 4.06. The minimum absolute atomic E-state index is 0.0287. The number of nitrogens with zero attached hydrogens (tertiary/aromatic N) is 4. The van der Waals surface area contributed by atoms with Gasteiger partial charge in [-0.2, -0.15) is 18.3 Å². The fraction of sp³-hybridized carbons (Fsp3) is 0.400. The summed E-state index contributed by atoms with van der Waals surface area (Å²) >= 11 is 0. The highest BCUT2D eigenvalue weighted by Gasteiger charge is 2.43. The van der Waals surface area contributed by atoms with Crippen molar-refractivity contribution in [3.63, 3.8) is 0 Å². The van der Waals surface area contributed by atoms with Gasteiger partial charge in [0.05, 0.1) is 11.9 Å². The average molecular weight is 360 g/mol. The first-order chi connectivity index (χ1) is 11.8. The molecule has 1 fully saturated rings. The molecule has 1 aliphatic heterocycles. The standard InChI is InChI=1S/C15H13F5N4O/c16-10-7-11(17)13(21-8-10)24-6-3-12(22-24)9-1-4-23(5-2-9)14(25)15(18,19)20/h3,6-9H,1-2,4-5H2. The van der Waals surface area contributed by atoms with Crippen molar-refractivity contribution >= 4 is 5.91 Å². The number of hydrogen-bond acceptors (Lipinski definition) is 3. The number of carbonyl (C=O) groups is 1. The molecule has 2 aromatic rings. The van der Waals surface area contributed by atoms with Gasteiger partial charge in [0, 0.05) is 31.3 Å². The van der Waals surface area contributed by atoms with E-state index in [0.717, 1.165) is 15.8 Å². The number of halogens is 5. The Balaban J connectivity index is 1.69. The van der Waals surface area contributed by atoms with Crippen LogP contribution in [-0.2, 0) is 4.79 Å². The van der Waals surface area contributed by atoms with Gasteiger partial charge < -0.3 is 4.90 Å². The lowest BCUT2D eigenvalue weighted by atomic mass is 9.93. The second-order valence-corrected chi connectivity index (χ2v) is 5.71. The number of rotatable bonds is 2. The molecular weight excluding hydrogens is 347 g/mol. The predicted molar refractivity (Wildman–Crippen MR) is 75.9 cm³/mol. The second-order valence-electron chi connectivity index (χ2n) is 5.71. The second kappa shape index (κ2) is 6.41. The van der Waals surface area contributed by atoms with Crippen molar-refractivity contribution in [3.05, 3.63) is 41.9 Å². The van der Waals surface area contributed by atoms with Gasteiger partial charge in [0.15, 0.2) is 11.6 Å². The van der Waals surface area contributed by atoms with E-state index in [-0.39, 0.29) is 24.8 Å². The Hall–Kier alpha value is -2.52. The fourth-order valence-electron chi connectivity index (χ4n) is 2.81. The highest BCUT2D eigenvalue weighted by molar-refractivity contribution is 5.81. The molecule has 134 valence electrons. The number of hydrogen-bond donors (Lipinski definition) is 0. The number of pyridine rings is 1. The van der Waals surface area contributed by atoms with E-state index < -0.39 is 23.7 Å². The minimum atomic E-state index is -4.87. The van der Waals surface area contributed by atoms with E-state index in [2.05, 4.69) is 10.1 Å². The third kappa shape index (κ3) is 3.62. The van der Waals surface area contributed by atoms with Crippen LogP contribution in [0.2, 0.25) is 0 Å². The van der Waals surface area contributed by atoms with E-state index in [0.29, 0.717) is 24.6 Å². The summed E-state index contributed by atoms with van der Waals surface area (Å²) in [6.45, 7) is -0.0575. The Labute approximate surface area is 139 Å². The van der Waals surface area contributed by atoms with Crippen molar-refractivity contribution in [2.45, 2.75) is 24.9 Å². The summed E-state index contributed by atoms with van der Waals surface area (Å²) in [5.41, 5.74) is 0.560. The molecule has 0 atom stereocenters. The van der Waals surface area contributed by atoms with E-state index in [1.165, 1.54) is 6.20 Å². The molecule has 0 saturated carbocycles. The van der Waals surface area contributed by atoms with E-state index in [9.17, 15) is 26.7 Å². The summed E-state index contributed by atoms with van der Waals surface area (Å²) < 4.78 is 65.1. The van der Waals surface area contributed by atoms with Crippen molar-refractivity contribution in [1.82, 2.24) is 19.7 Å². The highest BCUT2D eigenvalue weighted by Crippen LogP contribution is 2.29. The van der Waals surface area contributed by atoms with Crippen molar-refractivity contribution in [2.75, 3.05) is 13.1 Å². The van der Waals surface area contributed by atoms with Crippen LogP contribution in [0.25, 0.3) is 5.82 Å². The van der Waals surface area contributed by atoms with Gasteiger partial charge in [0.25, 0.3) is 0 Å². The van der Waals surface area contributed by atoms with Crippen molar-refractivity contribution in [1.29, 1.82) is 0 Å². The molecule has 1 amide bonds. The van der Waals surface area contributed by atoms with E-state index in [1.807, 2.05) is 0 Å². The topological polar surface area (TPSA) is 51.0 Å². The molecule has 0 N–H and O–H groups in total. The third-order valence-corrected chi connectivity index (χ3v) is 4.06. The van der Waals surface area contributed by atoms with Crippen LogP contribution in [0.5, 0.6) is 0 Å². The van der Waals surface area contributed by atoms with Crippen LogP contribution in [0.15, 0.2) is 24.5 Å². The largest absolute Gasteiger partial charge is 0.471 e. The smallest absolute Gasteiger partial charge is 0.335 e. The first kappa shape index (κ1) is 17.3. The maximum absolute atomic E-state index is 13.7. The molecule has 0 aliphatic carbocycles. The Kier molecular flexibility index (Phi) is 4.44. The van der Waals surface area contributed by atoms with Gasteiger partial charge in [-0.1, -0.05) is 0 Å². The summed E-state index contributed by atoms with van der Waals surface area (Å²) in [6, 6.07) is 2.29. The molecule has 0 spiro atoms. The molecule has 0 radical (unpaired) electrons. The molecule has 1 saturated heterocycles. The summed E-state index contributed by atoms with van der Waals surface area (Å²) in [4.78, 5) is 15.6. The molecule has 2 aromatic heterocycles. The summed E-state index contributed by atoms with van der Waals surface area (Å²) in [7, 11) is 0. The Morgan fingerprint density at radius 3 is 2.48 bits per heavy atom. The zero-order valence-corrected chi connectivity index (χ0v) is 12.8. The average Bonchev–Trinajstić information content (AvgIpc) is 3.03. The normalized spacial score (nSPS) is 16.3. The number of alkyl halides is 3. The Bertz CT molecular complexity index is 780. The quantitative estimate of drug-likeness (QED) is 0.774. The number of piperidine rings is 1. The van der Waals surface area contributed by atoms with Crippen LogP contribution in [0.4, 0.5) is 22.0 Å². The van der Waals surface area contributed by atoms with Crippen LogP contribution in [0.3, 0.4) is 0 Å². The molecule has 10 heteroatoms. The van der Waals surface area contributed by atoms with Gasteiger partial charge in [0.1, 0.15) is 5.82 Å². The van der Waals surface area contributed by atoms with Crippen molar-refractivity contribution in [3.8, 4) is 5.82 Å². The molecule has 5 nitrogen and oxygen atoms in total. The van der Waals surface area contributed by atoms with E-state index in [4.69, 9.17) is 0 Å². The lowest BCUT2D eigenvalue weighted by Crippen LogP contribution is -2.45. The van der Waals surface area contributed by atoms with Crippen LogP contribution < -0.4 is 0 Å². The predicted octanol–water partition coefficient (Wildman–Crippen LogP) is 2.81. The van der Waals surface area contributed by atoms with E-state index >= 15 is 0 Å². The van der Waals surface area contributed by atoms with Crippen LogP contribution in [-0.4, -0.2) is 44.8 Å². The Morgan fingerprint density at radius 1 is 1.20 bits per heavy atom. The van der Waals surface area contributed by atoms with Gasteiger partial charge in [-0.3, -0.25) is 4.79 Å². The molecule has 3 rings (SSSR count). The summed E-state index contributed by atoms with van der Waals surface area (Å²) in [5.74, 6) is -3.84. The lowest BCUT2D eigenvalue weighted by molar-refractivity contribution is -0.186. The number of aromatic nitrogens is 3. The molecule has 3 heterocycles. The van der Waals surface area contributed by atoms with Gasteiger partial charge >= 0.3 is 12.1 Å². The zero-order chi connectivity index (χ0) is 18.2. The van der Waals surface area contributed by atoms with Crippen LogP contribution in [0, 0.1) is 11.6 Å². The monoisotopic (exact) mass is 360 g/mol. The van der Waals surface area contributed by atoms with Gasteiger partial charge in [0.2, 0.25) is 0 Å². The molecule has 1 aliphatic rings. The van der Waals surface area contributed by atoms with Gasteiger partial charge in [-0.15, -0.1) is 0 Å². The van der Waals surface area contributed by atoms with Crippen molar-refractivity contribution < 1.29 is 26.7 Å². The van der Waals surface area contributed by atoms with Crippen molar-refractivity contribution in [2.24, 2.45) is 0 Å². The maximum Gasteiger partial charge on any atom is 0.471 e. The lowest BCUT2D eigenvalue weighted by Gasteiger charge is -2.31. The summed E-state index contributed by atoms with van der Waals surface area (Å²) in [6.07, 6.45) is -1.93. The van der Waals surface area contributed by atoms with Crippen LogP contribution >= 0.6 is 0 Å². The maximum atomic E-state index is 13.7. The molecule has 0 bridgehead atoms. The highest BCUT2D eigenvalue weighted by atomic mass is 19.4. The Morgan fingerprint density at radius 2 is 1.88 bits per heavy atom. The van der Waals surface area contributed by atoms with Crippen LogP contribution in [0.1, 0.15) is 24.5 Å². The van der Waals surface area contributed by atoms with Gasteiger partial charge in [-0.05, 0) is 18.9 Å². The SMILES string of the molecule is O=C(N1CCC(c2ccn(-c3ncc(F)cc3F)n2)CC1)C(F)(F)F. The minimum Gasteiger partial charge on any atom is -0.335 e. The number of carbonyl (C=O) groups excluding carboxylic acids is 1. The molecule has 25 heavy (non-hydrogen) atoms. The molecule has 0 unspecified atom stereocenters. The molecular formula is C15H13F5N4O. The fourth-order valence-corrected chi connectivity index (χ4v) is 2.81. The van der Waals surface area contributed by atoms with Gasteiger partial charge in [-0.25, -0.2) is 18.4 Å². The summed E-state index contributed by atoms with van der Waals surface area (Å²) in [5, 5.41) is 4.18. The van der Waals surface area contributed by atoms with E-state index in [1.54, 1.807) is 6.07 Å². The first-order valence-electron chi connectivity index (χ1n) is 7.49. The number of amides is 1. The molecule has 0 aromatic carbocycles. The first-order valence-corrected chi connectivity index (χ1v) is 7.49.